The summed E-state index contributed by atoms with van der Waals surface area (Å²) in [7, 11) is 0. The zero-order valence-corrected chi connectivity index (χ0v) is 14.3. The maximum absolute atomic E-state index is 10.4. The molecule has 0 heterocycles. The van der Waals surface area contributed by atoms with Gasteiger partial charge in [-0.15, -0.1) is 0 Å². The summed E-state index contributed by atoms with van der Waals surface area (Å²) >= 11 is 0. The van der Waals surface area contributed by atoms with Crippen LogP contribution in [-0.4, -0.2) is 33.5 Å². The molecule has 0 aromatic carbocycles. The minimum atomic E-state index is -0.947. The summed E-state index contributed by atoms with van der Waals surface area (Å²) in [6.45, 7) is 2.23. The van der Waals surface area contributed by atoms with E-state index in [0.717, 1.165) is 38.5 Å². The van der Waals surface area contributed by atoms with Crippen molar-refractivity contribution in [2.75, 3.05) is 0 Å². The maximum atomic E-state index is 10.4. The predicted octanol–water partition coefficient (Wildman–Crippen LogP) is 4.27. The maximum Gasteiger partial charge on any atom is 0.305 e. The van der Waals surface area contributed by atoms with E-state index in [1.807, 2.05) is 0 Å². The lowest BCUT2D eigenvalue weighted by Crippen LogP contribution is -2.12. The van der Waals surface area contributed by atoms with E-state index >= 15 is 0 Å². The van der Waals surface area contributed by atoms with Gasteiger partial charge < -0.3 is 15.3 Å². The first-order valence-corrected chi connectivity index (χ1v) is 9.14. The number of unbranched alkanes of at least 4 members (excludes halogenated alkanes) is 8. The third-order valence-electron chi connectivity index (χ3n) is 4.13. The van der Waals surface area contributed by atoms with Crippen molar-refractivity contribution in [2.45, 2.75) is 109 Å². The zero-order valence-electron chi connectivity index (χ0n) is 14.3. The van der Waals surface area contributed by atoms with Crippen LogP contribution in [0.3, 0.4) is 0 Å². The van der Waals surface area contributed by atoms with Crippen LogP contribution in [-0.2, 0) is 4.79 Å². The van der Waals surface area contributed by atoms with E-state index in [9.17, 15) is 15.0 Å². The lowest BCUT2D eigenvalue weighted by Gasteiger charge is -2.11. The molecule has 4 heteroatoms. The summed E-state index contributed by atoms with van der Waals surface area (Å²) in [5.41, 5.74) is 0. The summed E-state index contributed by atoms with van der Waals surface area (Å²) < 4.78 is 0. The van der Waals surface area contributed by atoms with Crippen molar-refractivity contribution in [2.24, 2.45) is 0 Å². The minimum absolute atomic E-state index is 0.166. The third kappa shape index (κ3) is 15.8. The quantitative estimate of drug-likeness (QED) is 0.371. The Kier molecular flexibility index (Phi) is 14.9. The molecule has 0 saturated heterocycles. The number of hydrogen-bond acceptors (Lipinski definition) is 3. The molecular formula is C18H36O4. The van der Waals surface area contributed by atoms with E-state index in [-0.39, 0.29) is 12.5 Å². The molecule has 0 amide bonds. The van der Waals surface area contributed by atoms with Crippen LogP contribution < -0.4 is 0 Å². The molecule has 2 unspecified atom stereocenters. The Bertz CT molecular complexity index is 255. The molecule has 3 N–H and O–H groups in total. The van der Waals surface area contributed by atoms with E-state index in [0.29, 0.717) is 6.42 Å². The molecule has 0 radical (unpaired) electrons. The van der Waals surface area contributed by atoms with Crippen molar-refractivity contribution in [1.29, 1.82) is 0 Å². The fourth-order valence-corrected chi connectivity index (χ4v) is 2.72. The number of aliphatic carboxylic acids is 1. The van der Waals surface area contributed by atoms with Crippen molar-refractivity contribution in [3.63, 3.8) is 0 Å². The summed E-state index contributed by atoms with van der Waals surface area (Å²) in [6, 6.07) is 0. The Labute approximate surface area is 135 Å². The lowest BCUT2D eigenvalue weighted by molar-refractivity contribution is -0.139. The number of carboxylic acids is 1. The molecule has 0 aliphatic heterocycles. The summed E-state index contributed by atoms with van der Waals surface area (Å²) in [5.74, 6) is -0.947. The van der Waals surface area contributed by atoms with Gasteiger partial charge in [-0.05, 0) is 19.3 Å². The average molecular weight is 316 g/mol. The molecule has 4 nitrogen and oxygen atoms in total. The number of aliphatic hydroxyl groups excluding tert-OH is 2. The van der Waals surface area contributed by atoms with Gasteiger partial charge in [0.15, 0.2) is 0 Å². The highest BCUT2D eigenvalue weighted by atomic mass is 16.4. The Morgan fingerprint density at radius 1 is 0.727 bits per heavy atom. The van der Waals surface area contributed by atoms with E-state index in [2.05, 4.69) is 6.92 Å². The van der Waals surface area contributed by atoms with Crippen LogP contribution in [0, 0.1) is 0 Å². The van der Waals surface area contributed by atoms with Gasteiger partial charge in [0.1, 0.15) is 0 Å². The van der Waals surface area contributed by atoms with E-state index in [1.165, 1.54) is 38.5 Å². The van der Waals surface area contributed by atoms with Crippen LogP contribution in [0.2, 0.25) is 0 Å². The van der Waals surface area contributed by atoms with Crippen LogP contribution in [0.4, 0.5) is 0 Å². The molecule has 2 atom stereocenters. The van der Waals surface area contributed by atoms with Gasteiger partial charge in [0.2, 0.25) is 0 Å². The standard InChI is InChI=1S/C18H36O4/c1-2-3-4-5-6-7-9-12-16(19)13-10-8-11-14-17(20)15-18(21)22/h16-17,19-20H,2-15H2,1H3,(H,21,22). The Morgan fingerprint density at radius 2 is 1.14 bits per heavy atom. The number of rotatable bonds is 16. The monoisotopic (exact) mass is 316 g/mol. The second-order valence-corrected chi connectivity index (χ2v) is 6.45. The van der Waals surface area contributed by atoms with Crippen molar-refractivity contribution in [3.8, 4) is 0 Å². The number of aliphatic hydroxyl groups is 2. The first-order chi connectivity index (χ1) is 10.6. The predicted molar refractivity (Wildman–Crippen MR) is 90.0 cm³/mol. The molecule has 0 aromatic rings. The lowest BCUT2D eigenvalue weighted by atomic mass is 10.0. The molecule has 132 valence electrons. The molecule has 0 saturated carbocycles. The van der Waals surface area contributed by atoms with Gasteiger partial charge >= 0.3 is 5.97 Å². The molecule has 0 fully saturated rings. The van der Waals surface area contributed by atoms with Crippen LogP contribution in [0.25, 0.3) is 0 Å². The fourth-order valence-electron chi connectivity index (χ4n) is 2.72. The molecule has 0 aromatic heterocycles. The average Bonchev–Trinajstić information content (AvgIpc) is 2.45. The van der Waals surface area contributed by atoms with Gasteiger partial charge in [0.25, 0.3) is 0 Å². The van der Waals surface area contributed by atoms with Gasteiger partial charge in [0.05, 0.1) is 18.6 Å². The third-order valence-corrected chi connectivity index (χ3v) is 4.13. The highest BCUT2D eigenvalue weighted by molar-refractivity contribution is 5.67. The van der Waals surface area contributed by atoms with Crippen LogP contribution in [0.15, 0.2) is 0 Å². The van der Waals surface area contributed by atoms with Gasteiger partial charge in [-0.25, -0.2) is 0 Å². The van der Waals surface area contributed by atoms with E-state index in [1.54, 1.807) is 0 Å². The van der Waals surface area contributed by atoms with Crippen molar-refractivity contribution in [1.82, 2.24) is 0 Å². The van der Waals surface area contributed by atoms with Crippen molar-refractivity contribution >= 4 is 5.97 Å². The molecule has 22 heavy (non-hydrogen) atoms. The second kappa shape index (κ2) is 15.3. The SMILES string of the molecule is CCCCCCCCCC(O)CCCCCC(O)CC(=O)O. The fraction of sp³-hybridized carbons (Fsp3) is 0.944. The van der Waals surface area contributed by atoms with Crippen LogP contribution in [0.1, 0.15) is 96.8 Å². The van der Waals surface area contributed by atoms with Crippen molar-refractivity contribution < 1.29 is 20.1 Å². The number of hydrogen-bond donors (Lipinski definition) is 3. The molecule has 0 rings (SSSR count). The smallest absolute Gasteiger partial charge is 0.305 e. The molecule has 0 bridgehead atoms. The van der Waals surface area contributed by atoms with Gasteiger partial charge in [-0.1, -0.05) is 71.1 Å². The minimum Gasteiger partial charge on any atom is -0.481 e. The largest absolute Gasteiger partial charge is 0.481 e. The van der Waals surface area contributed by atoms with Crippen molar-refractivity contribution in [3.05, 3.63) is 0 Å². The molecule has 0 spiro atoms. The molecule has 0 aliphatic rings. The second-order valence-electron chi connectivity index (χ2n) is 6.45. The summed E-state index contributed by atoms with van der Waals surface area (Å²) in [4.78, 5) is 10.4. The highest BCUT2D eigenvalue weighted by Gasteiger charge is 2.09. The first kappa shape index (κ1) is 21.4. The van der Waals surface area contributed by atoms with E-state index in [4.69, 9.17) is 5.11 Å². The highest BCUT2D eigenvalue weighted by Crippen LogP contribution is 2.14. The van der Waals surface area contributed by atoms with Gasteiger partial charge in [0, 0.05) is 0 Å². The van der Waals surface area contributed by atoms with Crippen LogP contribution >= 0.6 is 0 Å². The molecular weight excluding hydrogens is 280 g/mol. The van der Waals surface area contributed by atoms with Gasteiger partial charge in [-0.3, -0.25) is 4.79 Å². The summed E-state index contributed by atoms with van der Waals surface area (Å²) in [6.07, 6.45) is 12.8. The Hall–Kier alpha value is -0.610. The summed E-state index contributed by atoms with van der Waals surface area (Å²) in [5, 5.41) is 27.8. The molecule has 0 aliphatic carbocycles. The topological polar surface area (TPSA) is 77.8 Å². The normalized spacial score (nSPS) is 14.0. The van der Waals surface area contributed by atoms with E-state index < -0.39 is 12.1 Å². The number of carboxylic acid groups (broad SMARTS) is 1. The zero-order chi connectivity index (χ0) is 16.6. The number of carbonyl (C=O) groups is 1. The Balaban J connectivity index is 3.28. The van der Waals surface area contributed by atoms with Crippen LogP contribution in [0.5, 0.6) is 0 Å². The first-order valence-electron chi connectivity index (χ1n) is 9.14. The Morgan fingerprint density at radius 3 is 1.64 bits per heavy atom. The van der Waals surface area contributed by atoms with Gasteiger partial charge in [-0.2, -0.15) is 0 Å².